The first kappa shape index (κ1) is 16.3. The highest BCUT2D eigenvalue weighted by atomic mass is 35.5. The second kappa shape index (κ2) is 6.49. The van der Waals surface area contributed by atoms with Crippen LogP contribution in [0.2, 0.25) is 5.02 Å². The quantitative estimate of drug-likeness (QED) is 0.848. The van der Waals surface area contributed by atoms with Crippen molar-refractivity contribution < 1.29 is 9.53 Å². The van der Waals surface area contributed by atoms with Crippen molar-refractivity contribution in [1.82, 2.24) is 19.7 Å². The summed E-state index contributed by atoms with van der Waals surface area (Å²) < 4.78 is 7.37. The van der Waals surface area contributed by atoms with E-state index in [0.717, 1.165) is 5.69 Å². The Labute approximate surface area is 144 Å². The number of ether oxygens (including phenoxy) is 1. The maximum absolute atomic E-state index is 12.6. The smallest absolute Gasteiger partial charge is 0.276 e. The van der Waals surface area contributed by atoms with Gasteiger partial charge in [-0.3, -0.25) is 9.48 Å². The summed E-state index contributed by atoms with van der Waals surface area (Å²) in [7, 11) is 1.75. The van der Waals surface area contributed by atoms with Gasteiger partial charge in [0.25, 0.3) is 5.91 Å². The molecule has 1 fully saturated rings. The molecule has 1 atom stereocenters. The Bertz CT molecular complexity index is 809. The van der Waals surface area contributed by atoms with Crippen LogP contribution in [0.4, 0.5) is 0 Å². The molecule has 24 heavy (non-hydrogen) atoms. The molecule has 3 rings (SSSR count). The lowest BCUT2D eigenvalue weighted by Crippen LogP contribution is -2.31. The second-order valence-electron chi connectivity index (χ2n) is 5.65. The fourth-order valence-electron chi connectivity index (χ4n) is 2.56. The third kappa shape index (κ3) is 3.05. The van der Waals surface area contributed by atoms with E-state index in [1.807, 2.05) is 13.0 Å². The van der Waals surface area contributed by atoms with Gasteiger partial charge in [0.2, 0.25) is 5.88 Å². The first-order valence-corrected chi connectivity index (χ1v) is 7.88. The van der Waals surface area contributed by atoms with E-state index in [9.17, 15) is 4.79 Å². The van der Waals surface area contributed by atoms with Gasteiger partial charge in [-0.05, 0) is 13.0 Å². The summed E-state index contributed by atoms with van der Waals surface area (Å²) in [5, 5.41) is 13.3. The highest BCUT2D eigenvalue weighted by Gasteiger charge is 2.31. The molecule has 0 spiro atoms. The van der Waals surface area contributed by atoms with Crippen LogP contribution in [-0.2, 0) is 7.05 Å². The van der Waals surface area contributed by atoms with Crippen molar-refractivity contribution in [3.63, 3.8) is 0 Å². The fraction of sp³-hybridized carbons (Fsp3) is 0.375. The van der Waals surface area contributed by atoms with Crippen LogP contribution < -0.4 is 4.74 Å². The monoisotopic (exact) mass is 345 g/mol. The van der Waals surface area contributed by atoms with Crippen molar-refractivity contribution in [2.75, 3.05) is 13.1 Å². The van der Waals surface area contributed by atoms with E-state index >= 15 is 0 Å². The molecule has 0 aliphatic carbocycles. The zero-order valence-electron chi connectivity index (χ0n) is 13.4. The van der Waals surface area contributed by atoms with Gasteiger partial charge in [-0.2, -0.15) is 10.4 Å². The van der Waals surface area contributed by atoms with Gasteiger partial charge in [-0.1, -0.05) is 11.6 Å². The average Bonchev–Trinajstić information content (AvgIpc) is 3.15. The van der Waals surface area contributed by atoms with Crippen LogP contribution >= 0.6 is 11.6 Å². The van der Waals surface area contributed by atoms with E-state index < -0.39 is 0 Å². The molecule has 0 N–H and O–H groups in total. The van der Waals surface area contributed by atoms with Gasteiger partial charge >= 0.3 is 0 Å². The first-order chi connectivity index (χ1) is 11.5. The number of amides is 1. The minimum absolute atomic E-state index is 0.141. The Morgan fingerprint density at radius 2 is 2.29 bits per heavy atom. The van der Waals surface area contributed by atoms with Crippen molar-refractivity contribution in [1.29, 1.82) is 5.26 Å². The van der Waals surface area contributed by atoms with Gasteiger partial charge in [0, 0.05) is 32.3 Å². The number of hydrogen-bond donors (Lipinski definition) is 0. The summed E-state index contributed by atoms with van der Waals surface area (Å²) in [6, 6.07) is 5.31. The predicted octanol–water partition coefficient (Wildman–Crippen LogP) is 1.94. The normalized spacial score (nSPS) is 16.9. The Balaban J connectivity index is 1.65. The molecule has 0 unspecified atom stereocenters. The average molecular weight is 346 g/mol. The minimum Gasteiger partial charge on any atom is -0.472 e. The number of pyridine rings is 1. The zero-order chi connectivity index (χ0) is 17.3. The summed E-state index contributed by atoms with van der Waals surface area (Å²) in [5.74, 6) is 0.252. The molecule has 0 radical (unpaired) electrons. The molecular formula is C16H16ClN5O2. The molecule has 0 bridgehead atoms. The van der Waals surface area contributed by atoms with Gasteiger partial charge < -0.3 is 9.64 Å². The first-order valence-electron chi connectivity index (χ1n) is 7.50. The Hall–Kier alpha value is -2.59. The van der Waals surface area contributed by atoms with Crippen molar-refractivity contribution >= 4 is 17.5 Å². The summed E-state index contributed by atoms with van der Waals surface area (Å²) in [6.07, 6.45) is 2.03. The molecular weight excluding hydrogens is 330 g/mol. The number of hydrogen-bond acceptors (Lipinski definition) is 5. The molecule has 0 aromatic carbocycles. The van der Waals surface area contributed by atoms with Crippen LogP contribution in [0.3, 0.4) is 0 Å². The van der Waals surface area contributed by atoms with Gasteiger partial charge in [0.1, 0.15) is 12.2 Å². The van der Waals surface area contributed by atoms with E-state index in [1.165, 1.54) is 6.20 Å². The number of carbonyl (C=O) groups excluding carboxylic acids is 1. The summed E-state index contributed by atoms with van der Waals surface area (Å²) in [4.78, 5) is 18.3. The minimum atomic E-state index is -0.192. The molecule has 1 aliphatic heterocycles. The lowest BCUT2D eigenvalue weighted by Gasteiger charge is -2.16. The largest absolute Gasteiger partial charge is 0.472 e. The topological polar surface area (TPSA) is 84.0 Å². The summed E-state index contributed by atoms with van der Waals surface area (Å²) >= 11 is 6.18. The molecule has 7 nitrogen and oxygen atoms in total. The fourth-order valence-corrected chi connectivity index (χ4v) is 2.81. The van der Waals surface area contributed by atoms with Crippen LogP contribution in [0.1, 0.15) is 28.2 Å². The highest BCUT2D eigenvalue weighted by molar-refractivity contribution is 6.34. The molecule has 124 valence electrons. The maximum Gasteiger partial charge on any atom is 0.276 e. The van der Waals surface area contributed by atoms with E-state index in [0.29, 0.717) is 36.0 Å². The van der Waals surface area contributed by atoms with Crippen molar-refractivity contribution in [2.45, 2.75) is 19.4 Å². The zero-order valence-corrected chi connectivity index (χ0v) is 14.1. The molecule has 2 aromatic heterocycles. The predicted molar refractivity (Wildman–Crippen MR) is 86.8 cm³/mol. The highest BCUT2D eigenvalue weighted by Crippen LogP contribution is 2.23. The SMILES string of the molecule is Cc1c(Cl)c(C(=O)N2CC[C@@H](Oc3ccc(C#N)cn3)C2)nn1C. The molecule has 1 aliphatic rings. The maximum atomic E-state index is 12.6. The van der Waals surface area contributed by atoms with Crippen LogP contribution in [0, 0.1) is 18.3 Å². The summed E-state index contributed by atoms with van der Waals surface area (Å²) in [6.45, 7) is 2.84. The standard InChI is InChI=1S/C16H16ClN5O2/c1-10-14(17)15(20-21(10)2)16(23)22-6-5-12(9-22)24-13-4-3-11(7-18)8-19-13/h3-4,8,12H,5-6,9H2,1-2H3/t12-/m1/s1. The number of rotatable bonds is 3. The van der Waals surface area contributed by atoms with Crippen molar-refractivity contribution in [3.05, 3.63) is 40.3 Å². The molecule has 0 saturated carbocycles. The van der Waals surface area contributed by atoms with E-state index in [4.69, 9.17) is 21.6 Å². The van der Waals surface area contributed by atoms with Crippen LogP contribution in [0.5, 0.6) is 5.88 Å². The van der Waals surface area contributed by atoms with Crippen LogP contribution in [0.25, 0.3) is 0 Å². The third-order valence-corrected chi connectivity index (χ3v) is 4.50. The third-order valence-electron chi connectivity index (χ3n) is 4.05. The molecule has 1 amide bonds. The Morgan fingerprint density at radius 1 is 1.50 bits per heavy atom. The Kier molecular flexibility index (Phi) is 4.40. The molecule has 3 heterocycles. The number of aryl methyl sites for hydroxylation is 1. The number of aromatic nitrogens is 3. The number of nitrogens with zero attached hydrogens (tertiary/aromatic N) is 5. The van der Waals surface area contributed by atoms with Crippen molar-refractivity contribution in [2.24, 2.45) is 7.05 Å². The van der Waals surface area contributed by atoms with Crippen LogP contribution in [0.15, 0.2) is 18.3 Å². The van der Waals surface area contributed by atoms with Crippen molar-refractivity contribution in [3.8, 4) is 11.9 Å². The van der Waals surface area contributed by atoms with E-state index in [2.05, 4.69) is 10.1 Å². The summed E-state index contributed by atoms with van der Waals surface area (Å²) in [5.41, 5.74) is 1.51. The lowest BCUT2D eigenvalue weighted by molar-refractivity contribution is 0.0765. The van der Waals surface area contributed by atoms with E-state index in [1.54, 1.807) is 28.8 Å². The number of likely N-dealkylation sites (tertiary alicyclic amines) is 1. The molecule has 1 saturated heterocycles. The molecule has 8 heteroatoms. The van der Waals surface area contributed by atoms with Gasteiger partial charge in [-0.25, -0.2) is 4.98 Å². The number of nitriles is 1. The number of carbonyl (C=O) groups is 1. The van der Waals surface area contributed by atoms with Gasteiger partial charge in [0.15, 0.2) is 5.69 Å². The second-order valence-corrected chi connectivity index (χ2v) is 6.03. The number of halogens is 1. The van der Waals surface area contributed by atoms with Gasteiger partial charge in [0.05, 0.1) is 22.8 Å². The molecule has 2 aromatic rings. The van der Waals surface area contributed by atoms with E-state index in [-0.39, 0.29) is 17.7 Å². The lowest BCUT2D eigenvalue weighted by atomic mass is 10.3. The Morgan fingerprint density at radius 3 is 2.88 bits per heavy atom. The van der Waals surface area contributed by atoms with Gasteiger partial charge in [-0.15, -0.1) is 0 Å². The van der Waals surface area contributed by atoms with Crippen LogP contribution in [-0.4, -0.2) is 44.8 Å².